The molecular formula is C7H8O3S. The van der Waals surface area contributed by atoms with Crippen LogP contribution in [-0.4, -0.2) is 22.0 Å². The van der Waals surface area contributed by atoms with Crippen LogP contribution in [0.3, 0.4) is 0 Å². The lowest BCUT2D eigenvalue weighted by atomic mass is 10.3. The molecule has 1 atom stereocenters. The molecule has 11 heavy (non-hydrogen) atoms. The molecule has 1 unspecified atom stereocenters. The van der Waals surface area contributed by atoms with Crippen molar-refractivity contribution in [3.63, 3.8) is 0 Å². The minimum atomic E-state index is -1.09. The van der Waals surface area contributed by atoms with Crippen LogP contribution in [0.1, 0.15) is 10.6 Å². The van der Waals surface area contributed by atoms with Crippen molar-refractivity contribution in [2.75, 3.05) is 12.0 Å². The fourth-order valence-corrected chi connectivity index (χ4v) is 1.20. The summed E-state index contributed by atoms with van der Waals surface area (Å²) in [6.07, 6.45) is 2.91. The van der Waals surface area contributed by atoms with Crippen molar-refractivity contribution in [3.8, 4) is 0 Å². The van der Waals surface area contributed by atoms with Crippen molar-refractivity contribution in [2.45, 2.75) is 0 Å². The second-order valence-corrected chi connectivity index (χ2v) is 3.55. The molecule has 0 aliphatic carbocycles. The third-order valence-electron chi connectivity index (χ3n) is 1.13. The monoisotopic (exact) mass is 172 g/mol. The molecule has 0 fully saturated rings. The second kappa shape index (κ2) is 3.48. The Balaban J connectivity index is 2.64. The molecule has 3 nitrogen and oxygen atoms in total. The minimum absolute atomic E-state index is 0.0352. The first-order valence-electron chi connectivity index (χ1n) is 3.07. The van der Waals surface area contributed by atoms with Crippen LogP contribution in [0, 0.1) is 0 Å². The Labute approximate surface area is 66.9 Å². The van der Waals surface area contributed by atoms with Gasteiger partial charge in [0.25, 0.3) is 0 Å². The highest BCUT2D eigenvalue weighted by molar-refractivity contribution is 7.85. The summed E-state index contributed by atoms with van der Waals surface area (Å²) in [4.78, 5) is 11.0. The van der Waals surface area contributed by atoms with E-state index in [-0.39, 0.29) is 17.3 Å². The smallest absolute Gasteiger partial charge is 0.210 e. The van der Waals surface area contributed by atoms with Gasteiger partial charge < -0.3 is 4.42 Å². The SMILES string of the molecule is CS(=O)CC(=O)c1ccco1. The van der Waals surface area contributed by atoms with Gasteiger partial charge in [0.2, 0.25) is 5.78 Å². The Kier molecular flexibility index (Phi) is 2.59. The lowest BCUT2D eigenvalue weighted by molar-refractivity contribution is 0.0991. The predicted molar refractivity (Wildman–Crippen MR) is 42.0 cm³/mol. The molecular weight excluding hydrogens is 164 g/mol. The topological polar surface area (TPSA) is 47.3 Å². The van der Waals surface area contributed by atoms with Gasteiger partial charge in [-0.2, -0.15) is 0 Å². The average molecular weight is 172 g/mol. The van der Waals surface area contributed by atoms with E-state index >= 15 is 0 Å². The van der Waals surface area contributed by atoms with Crippen LogP contribution in [0.2, 0.25) is 0 Å². The van der Waals surface area contributed by atoms with Gasteiger partial charge in [-0.15, -0.1) is 0 Å². The number of hydrogen-bond donors (Lipinski definition) is 0. The van der Waals surface area contributed by atoms with Crippen molar-refractivity contribution >= 4 is 16.6 Å². The number of ketones is 1. The van der Waals surface area contributed by atoms with Crippen LogP contribution in [0.4, 0.5) is 0 Å². The van der Waals surface area contributed by atoms with Gasteiger partial charge in [0, 0.05) is 17.1 Å². The average Bonchev–Trinajstić information content (AvgIpc) is 2.35. The standard InChI is InChI=1S/C7H8O3S/c1-11(9)5-6(8)7-3-2-4-10-7/h2-4H,5H2,1H3. The Hall–Kier alpha value is -0.900. The van der Waals surface area contributed by atoms with Crippen LogP contribution in [-0.2, 0) is 10.8 Å². The van der Waals surface area contributed by atoms with E-state index in [1.807, 2.05) is 0 Å². The number of furan rings is 1. The largest absolute Gasteiger partial charge is 0.461 e. The molecule has 0 aliphatic rings. The summed E-state index contributed by atoms with van der Waals surface area (Å²) >= 11 is 0. The molecule has 1 aromatic rings. The third kappa shape index (κ3) is 2.31. The van der Waals surface area contributed by atoms with Crippen LogP contribution >= 0.6 is 0 Å². The molecule has 0 aliphatic heterocycles. The molecule has 0 N–H and O–H groups in total. The fourth-order valence-electron chi connectivity index (χ4n) is 0.693. The molecule has 4 heteroatoms. The lowest BCUT2D eigenvalue weighted by Crippen LogP contribution is -2.08. The van der Waals surface area contributed by atoms with Crippen LogP contribution < -0.4 is 0 Å². The van der Waals surface area contributed by atoms with Crippen LogP contribution in [0.15, 0.2) is 22.8 Å². The zero-order valence-corrected chi connectivity index (χ0v) is 6.89. The molecule has 0 spiro atoms. The maximum atomic E-state index is 11.0. The molecule has 0 saturated heterocycles. The van der Waals surface area contributed by atoms with Gasteiger partial charge in [0.1, 0.15) is 0 Å². The molecule has 1 aromatic heterocycles. The maximum Gasteiger partial charge on any atom is 0.210 e. The van der Waals surface area contributed by atoms with Gasteiger partial charge >= 0.3 is 0 Å². The zero-order chi connectivity index (χ0) is 8.27. The third-order valence-corrected chi connectivity index (χ3v) is 1.80. The predicted octanol–water partition coefficient (Wildman–Crippen LogP) is 0.841. The van der Waals surface area contributed by atoms with Crippen molar-refractivity contribution in [3.05, 3.63) is 24.2 Å². The molecule has 0 amide bonds. The van der Waals surface area contributed by atoms with E-state index in [0.29, 0.717) is 0 Å². The number of Topliss-reactive ketones (excluding diaryl/α,β-unsaturated/α-hetero) is 1. The number of carbonyl (C=O) groups is 1. The van der Waals surface area contributed by atoms with Crippen molar-refractivity contribution < 1.29 is 13.4 Å². The summed E-state index contributed by atoms with van der Waals surface area (Å²) in [5.74, 6) is 0.101. The van der Waals surface area contributed by atoms with Gasteiger partial charge in [-0.3, -0.25) is 9.00 Å². The summed E-state index contributed by atoms with van der Waals surface area (Å²) in [5.41, 5.74) is 0. The zero-order valence-electron chi connectivity index (χ0n) is 6.07. The molecule has 0 aromatic carbocycles. The highest BCUT2D eigenvalue weighted by atomic mass is 32.2. The summed E-state index contributed by atoms with van der Waals surface area (Å²) in [7, 11) is -1.09. The number of carbonyl (C=O) groups excluding carboxylic acids is 1. The number of hydrogen-bond acceptors (Lipinski definition) is 3. The summed E-state index contributed by atoms with van der Waals surface area (Å²) in [6, 6.07) is 3.20. The van der Waals surface area contributed by atoms with E-state index in [4.69, 9.17) is 4.42 Å². The van der Waals surface area contributed by atoms with Gasteiger partial charge in [0.05, 0.1) is 12.0 Å². The van der Waals surface area contributed by atoms with Gasteiger partial charge in [-0.1, -0.05) is 0 Å². The Morgan fingerprint density at radius 2 is 2.45 bits per heavy atom. The summed E-state index contributed by atoms with van der Waals surface area (Å²) in [5, 5.41) is 0. The lowest BCUT2D eigenvalue weighted by Gasteiger charge is -1.91. The quantitative estimate of drug-likeness (QED) is 0.635. The highest BCUT2D eigenvalue weighted by Gasteiger charge is 2.09. The molecule has 0 radical (unpaired) electrons. The molecule has 1 heterocycles. The molecule has 60 valence electrons. The molecule has 0 bridgehead atoms. The van der Waals surface area contributed by atoms with Gasteiger partial charge in [0.15, 0.2) is 5.76 Å². The van der Waals surface area contributed by atoms with E-state index in [2.05, 4.69) is 0 Å². The van der Waals surface area contributed by atoms with E-state index in [0.717, 1.165) is 0 Å². The van der Waals surface area contributed by atoms with Crippen molar-refractivity contribution in [2.24, 2.45) is 0 Å². The van der Waals surface area contributed by atoms with Gasteiger partial charge in [-0.05, 0) is 12.1 Å². The first-order chi connectivity index (χ1) is 5.20. The Bertz CT molecular complexity index is 263. The Morgan fingerprint density at radius 3 is 2.91 bits per heavy atom. The van der Waals surface area contributed by atoms with Gasteiger partial charge in [-0.25, -0.2) is 0 Å². The molecule has 1 rings (SSSR count). The van der Waals surface area contributed by atoms with E-state index < -0.39 is 10.8 Å². The fraction of sp³-hybridized carbons (Fsp3) is 0.286. The first kappa shape index (κ1) is 8.20. The normalized spacial score (nSPS) is 12.8. The van der Waals surface area contributed by atoms with Crippen LogP contribution in [0.25, 0.3) is 0 Å². The summed E-state index contributed by atoms with van der Waals surface area (Å²) in [6.45, 7) is 0. The van der Waals surface area contributed by atoms with E-state index in [1.54, 1.807) is 12.1 Å². The molecule has 0 saturated carbocycles. The first-order valence-corrected chi connectivity index (χ1v) is 4.79. The van der Waals surface area contributed by atoms with E-state index in [1.165, 1.54) is 12.5 Å². The second-order valence-electron chi connectivity index (χ2n) is 2.12. The minimum Gasteiger partial charge on any atom is -0.461 e. The highest BCUT2D eigenvalue weighted by Crippen LogP contribution is 2.01. The van der Waals surface area contributed by atoms with Crippen molar-refractivity contribution in [1.29, 1.82) is 0 Å². The number of rotatable bonds is 3. The van der Waals surface area contributed by atoms with Crippen molar-refractivity contribution in [1.82, 2.24) is 0 Å². The van der Waals surface area contributed by atoms with Crippen LogP contribution in [0.5, 0.6) is 0 Å². The Morgan fingerprint density at radius 1 is 1.73 bits per heavy atom. The van der Waals surface area contributed by atoms with E-state index in [9.17, 15) is 9.00 Å². The summed E-state index contributed by atoms with van der Waals surface area (Å²) < 4.78 is 15.4. The maximum absolute atomic E-state index is 11.0.